The van der Waals surface area contributed by atoms with E-state index in [1.807, 2.05) is 11.3 Å². The van der Waals surface area contributed by atoms with Gasteiger partial charge in [-0.2, -0.15) is 0 Å². The number of benzene rings is 11. The SMILES string of the molecule is c1cc(-c2ccc3c4ccccc4c4c(sc5ccc6ccccc6c54)c3c2)cc(-c2c3ccccc3c(-c3cccc4ccccc34)c3ccccc23)c1. The Balaban J connectivity index is 1.10. The van der Waals surface area contributed by atoms with Crippen LogP contribution in [0.1, 0.15) is 0 Å². The van der Waals surface area contributed by atoms with Crippen molar-refractivity contribution in [2.45, 2.75) is 0 Å². The predicted molar refractivity (Wildman–Crippen MR) is 241 cm³/mol. The van der Waals surface area contributed by atoms with Gasteiger partial charge in [-0.25, -0.2) is 0 Å². The van der Waals surface area contributed by atoms with E-state index in [0.717, 1.165) is 0 Å². The molecule has 0 N–H and O–H groups in total. The second kappa shape index (κ2) is 11.9. The van der Waals surface area contributed by atoms with Gasteiger partial charge in [0.05, 0.1) is 0 Å². The monoisotopic (exact) mass is 712 g/mol. The highest BCUT2D eigenvalue weighted by Gasteiger charge is 2.20. The molecule has 0 radical (unpaired) electrons. The van der Waals surface area contributed by atoms with Crippen LogP contribution in [-0.2, 0) is 0 Å². The van der Waals surface area contributed by atoms with Crippen LogP contribution in [0, 0.1) is 0 Å². The minimum Gasteiger partial charge on any atom is -0.134 e. The molecule has 0 aliphatic heterocycles. The van der Waals surface area contributed by atoms with Crippen molar-refractivity contribution in [2.24, 2.45) is 0 Å². The number of thiophene rings is 1. The second-order valence-corrected chi connectivity index (χ2v) is 15.8. The largest absolute Gasteiger partial charge is 0.134 e. The predicted octanol–water partition coefficient (Wildman–Crippen LogP) is 16.0. The van der Waals surface area contributed by atoms with E-state index < -0.39 is 0 Å². The zero-order valence-corrected chi connectivity index (χ0v) is 30.7. The zero-order valence-electron chi connectivity index (χ0n) is 29.9. The molecule has 12 rings (SSSR count). The van der Waals surface area contributed by atoms with Crippen molar-refractivity contribution in [3.05, 3.63) is 194 Å². The normalized spacial score (nSPS) is 12.0. The molecular weight excluding hydrogens is 681 g/mol. The summed E-state index contributed by atoms with van der Waals surface area (Å²) in [6, 6.07) is 72.1. The van der Waals surface area contributed by atoms with Crippen molar-refractivity contribution in [2.75, 3.05) is 0 Å². The average Bonchev–Trinajstić information content (AvgIpc) is 3.66. The quantitative estimate of drug-likeness (QED) is 0.126. The summed E-state index contributed by atoms with van der Waals surface area (Å²) in [4.78, 5) is 0. The maximum absolute atomic E-state index is 2.45. The van der Waals surface area contributed by atoms with E-state index in [0.29, 0.717) is 0 Å². The standard InChI is InChI=1S/C54H32S/c1-3-18-38-33(13-1)15-12-26-42(38)51-46-24-9-7-22-44(46)50(45-23-8-10-25-47(45)51)37-17-11-16-35(31-37)36-27-29-41-40-20-5-6-21-43(40)53-52-39-19-4-2-14-34(39)28-30-49(52)55-54(53)48(41)32-36/h1-32H. The molecule has 0 unspecified atom stereocenters. The average molecular weight is 713 g/mol. The van der Waals surface area contributed by atoms with E-state index in [4.69, 9.17) is 0 Å². The molecule has 0 aliphatic carbocycles. The number of rotatable bonds is 3. The third-order valence-electron chi connectivity index (χ3n) is 11.8. The summed E-state index contributed by atoms with van der Waals surface area (Å²) in [7, 11) is 0. The molecule has 0 aliphatic rings. The topological polar surface area (TPSA) is 0 Å². The summed E-state index contributed by atoms with van der Waals surface area (Å²) >= 11 is 1.93. The molecule has 254 valence electrons. The van der Waals surface area contributed by atoms with Crippen LogP contribution in [-0.4, -0.2) is 0 Å². The lowest BCUT2D eigenvalue weighted by molar-refractivity contribution is 1.63. The Morgan fingerprint density at radius 1 is 0.273 bits per heavy atom. The van der Waals surface area contributed by atoms with Crippen LogP contribution >= 0.6 is 11.3 Å². The van der Waals surface area contributed by atoms with Crippen LogP contribution < -0.4 is 0 Å². The highest BCUT2D eigenvalue weighted by Crippen LogP contribution is 2.48. The molecule has 1 heteroatoms. The summed E-state index contributed by atoms with van der Waals surface area (Å²) < 4.78 is 2.70. The molecule has 0 nitrogen and oxygen atoms in total. The molecule has 0 atom stereocenters. The van der Waals surface area contributed by atoms with Gasteiger partial charge in [-0.05, 0) is 111 Å². The minimum absolute atomic E-state index is 1.22. The molecule has 55 heavy (non-hydrogen) atoms. The van der Waals surface area contributed by atoms with Crippen molar-refractivity contribution in [3.8, 4) is 33.4 Å². The first kappa shape index (κ1) is 30.6. The summed E-state index contributed by atoms with van der Waals surface area (Å²) in [5.74, 6) is 0. The fourth-order valence-electron chi connectivity index (χ4n) is 9.43. The maximum atomic E-state index is 2.45. The van der Waals surface area contributed by atoms with E-state index in [9.17, 15) is 0 Å². The number of fused-ring (bicyclic) bond motifs is 13. The third-order valence-corrected chi connectivity index (χ3v) is 13.0. The van der Waals surface area contributed by atoms with Crippen LogP contribution in [0.4, 0.5) is 0 Å². The molecule has 0 spiro atoms. The molecule has 0 fully saturated rings. The lowest BCUT2D eigenvalue weighted by Crippen LogP contribution is -1.92. The van der Waals surface area contributed by atoms with Crippen LogP contribution in [0.25, 0.3) is 118 Å². The maximum Gasteiger partial charge on any atom is 0.0440 e. The van der Waals surface area contributed by atoms with Gasteiger partial charge in [0.15, 0.2) is 0 Å². The van der Waals surface area contributed by atoms with Crippen LogP contribution in [0.15, 0.2) is 194 Å². The van der Waals surface area contributed by atoms with Gasteiger partial charge in [0.25, 0.3) is 0 Å². The van der Waals surface area contributed by atoms with Gasteiger partial charge in [-0.3, -0.25) is 0 Å². The summed E-state index contributed by atoms with van der Waals surface area (Å²) in [5.41, 5.74) is 7.53. The summed E-state index contributed by atoms with van der Waals surface area (Å²) in [6.45, 7) is 0. The smallest absolute Gasteiger partial charge is 0.0440 e. The lowest BCUT2D eigenvalue weighted by atomic mass is 9.84. The summed E-state index contributed by atoms with van der Waals surface area (Å²) in [5, 5.41) is 18.2. The van der Waals surface area contributed by atoms with Crippen molar-refractivity contribution in [1.29, 1.82) is 0 Å². The van der Waals surface area contributed by atoms with Gasteiger partial charge in [-0.15, -0.1) is 11.3 Å². The first-order valence-corrected chi connectivity index (χ1v) is 19.8. The Bertz CT molecular complexity index is 3490. The highest BCUT2D eigenvalue weighted by atomic mass is 32.1. The van der Waals surface area contributed by atoms with Crippen molar-refractivity contribution in [3.63, 3.8) is 0 Å². The van der Waals surface area contributed by atoms with Gasteiger partial charge in [-0.1, -0.05) is 176 Å². The fourth-order valence-corrected chi connectivity index (χ4v) is 10.7. The van der Waals surface area contributed by atoms with Crippen LogP contribution in [0.2, 0.25) is 0 Å². The van der Waals surface area contributed by atoms with Gasteiger partial charge >= 0.3 is 0 Å². The molecule has 0 saturated carbocycles. The van der Waals surface area contributed by atoms with E-state index in [-0.39, 0.29) is 0 Å². The Morgan fingerprint density at radius 2 is 0.800 bits per heavy atom. The second-order valence-electron chi connectivity index (χ2n) is 14.7. The first-order chi connectivity index (χ1) is 27.3. The molecule has 0 bridgehead atoms. The number of hydrogen-bond donors (Lipinski definition) is 0. The number of hydrogen-bond acceptors (Lipinski definition) is 1. The van der Waals surface area contributed by atoms with E-state index in [1.54, 1.807) is 0 Å². The van der Waals surface area contributed by atoms with E-state index >= 15 is 0 Å². The Morgan fingerprint density at radius 3 is 1.55 bits per heavy atom. The van der Waals surface area contributed by atoms with Gasteiger partial charge < -0.3 is 0 Å². The third kappa shape index (κ3) is 4.51. The Hall–Kier alpha value is -6.80. The molecule has 0 saturated heterocycles. The van der Waals surface area contributed by atoms with Crippen LogP contribution in [0.3, 0.4) is 0 Å². The van der Waals surface area contributed by atoms with Crippen molar-refractivity contribution >= 4 is 96.1 Å². The highest BCUT2D eigenvalue weighted by molar-refractivity contribution is 7.27. The van der Waals surface area contributed by atoms with Crippen molar-refractivity contribution in [1.82, 2.24) is 0 Å². The van der Waals surface area contributed by atoms with E-state index in [1.165, 1.54) is 118 Å². The van der Waals surface area contributed by atoms with Crippen LogP contribution in [0.5, 0.6) is 0 Å². The zero-order chi connectivity index (χ0) is 36.0. The molecular formula is C54H32S. The van der Waals surface area contributed by atoms with Gasteiger partial charge in [0.1, 0.15) is 0 Å². The molecule has 1 aromatic heterocycles. The molecule has 1 heterocycles. The molecule has 0 amide bonds. The molecule has 12 aromatic rings. The van der Waals surface area contributed by atoms with Gasteiger partial charge in [0, 0.05) is 25.6 Å². The first-order valence-electron chi connectivity index (χ1n) is 19.0. The Kier molecular flexibility index (Phi) is 6.60. The van der Waals surface area contributed by atoms with Crippen molar-refractivity contribution < 1.29 is 0 Å². The van der Waals surface area contributed by atoms with Gasteiger partial charge in [0.2, 0.25) is 0 Å². The lowest BCUT2D eigenvalue weighted by Gasteiger charge is -2.19. The van der Waals surface area contributed by atoms with E-state index in [2.05, 4.69) is 194 Å². The Labute approximate surface area is 322 Å². The molecule has 11 aromatic carbocycles. The minimum atomic E-state index is 1.22. The fraction of sp³-hybridized carbons (Fsp3) is 0. The summed E-state index contributed by atoms with van der Waals surface area (Å²) in [6.07, 6.45) is 0.